The Morgan fingerprint density at radius 2 is 2.22 bits per heavy atom. The average molecular weight is 144 g/mol. The van der Waals surface area contributed by atoms with Crippen molar-refractivity contribution < 1.29 is 0 Å². The van der Waals surface area contributed by atoms with Gasteiger partial charge in [0.25, 0.3) is 0 Å². The third-order valence-corrected chi connectivity index (χ3v) is 2.75. The van der Waals surface area contributed by atoms with E-state index in [2.05, 4.69) is 13.5 Å². The first kappa shape index (κ1) is 9.17. The molecular formula is C8H17P. The van der Waals surface area contributed by atoms with Crippen LogP contribution in [-0.4, -0.2) is 12.3 Å². The average Bonchev–Trinajstić information content (AvgIpc) is 1.89. The minimum Gasteiger partial charge on any atom is -0.122 e. The van der Waals surface area contributed by atoms with Gasteiger partial charge in [0.05, 0.1) is 0 Å². The summed E-state index contributed by atoms with van der Waals surface area (Å²) in [5.41, 5.74) is 0. The molecule has 0 aromatic heterocycles. The van der Waals surface area contributed by atoms with E-state index in [0.29, 0.717) is 0 Å². The first-order valence-electron chi connectivity index (χ1n) is 3.73. The van der Waals surface area contributed by atoms with E-state index in [4.69, 9.17) is 0 Å². The van der Waals surface area contributed by atoms with Crippen molar-refractivity contribution in [2.45, 2.75) is 26.2 Å². The van der Waals surface area contributed by atoms with Gasteiger partial charge in [-0.15, -0.1) is 15.2 Å². The lowest BCUT2D eigenvalue weighted by atomic mass is 10.3. The monoisotopic (exact) mass is 144 g/mol. The van der Waals surface area contributed by atoms with E-state index < -0.39 is 0 Å². The molecule has 0 aromatic carbocycles. The van der Waals surface area contributed by atoms with Gasteiger partial charge in [0.2, 0.25) is 0 Å². The SMILES string of the molecule is C=CCCCPCCC. The third kappa shape index (κ3) is 8.17. The smallest absolute Gasteiger partial charge is 0.0350 e. The number of allylic oxidation sites excluding steroid dienone is 1. The van der Waals surface area contributed by atoms with E-state index in [0.717, 1.165) is 0 Å². The molecule has 0 bridgehead atoms. The summed E-state index contributed by atoms with van der Waals surface area (Å²) in [7, 11) is 1.19. The molecule has 0 saturated heterocycles. The Morgan fingerprint density at radius 3 is 2.78 bits per heavy atom. The zero-order valence-electron chi connectivity index (χ0n) is 6.32. The van der Waals surface area contributed by atoms with Crippen molar-refractivity contribution in [3.63, 3.8) is 0 Å². The van der Waals surface area contributed by atoms with Gasteiger partial charge in [-0.2, -0.15) is 0 Å². The summed E-state index contributed by atoms with van der Waals surface area (Å²) in [5, 5.41) is 0. The molecule has 0 amide bonds. The third-order valence-electron chi connectivity index (χ3n) is 1.19. The van der Waals surface area contributed by atoms with E-state index in [1.54, 1.807) is 0 Å². The van der Waals surface area contributed by atoms with Crippen molar-refractivity contribution in [1.29, 1.82) is 0 Å². The van der Waals surface area contributed by atoms with E-state index in [-0.39, 0.29) is 0 Å². The van der Waals surface area contributed by atoms with Crippen molar-refractivity contribution in [3.05, 3.63) is 12.7 Å². The van der Waals surface area contributed by atoms with Gasteiger partial charge in [-0.1, -0.05) is 19.4 Å². The summed E-state index contributed by atoms with van der Waals surface area (Å²) >= 11 is 0. The van der Waals surface area contributed by atoms with Crippen molar-refractivity contribution >= 4 is 8.58 Å². The molecule has 0 nitrogen and oxygen atoms in total. The molecule has 0 saturated carbocycles. The van der Waals surface area contributed by atoms with E-state index in [1.807, 2.05) is 6.08 Å². The second-order valence-electron chi connectivity index (χ2n) is 2.18. The summed E-state index contributed by atoms with van der Waals surface area (Å²) in [4.78, 5) is 0. The Balaban J connectivity index is 2.66. The summed E-state index contributed by atoms with van der Waals surface area (Å²) in [6.45, 7) is 5.93. The van der Waals surface area contributed by atoms with Crippen LogP contribution in [0, 0.1) is 0 Å². The maximum absolute atomic E-state index is 3.68. The molecule has 9 heavy (non-hydrogen) atoms. The Morgan fingerprint density at radius 1 is 1.44 bits per heavy atom. The zero-order chi connectivity index (χ0) is 6.95. The summed E-state index contributed by atoms with van der Waals surface area (Å²) in [6, 6.07) is 0. The minimum absolute atomic E-state index is 1.19. The molecule has 0 N–H and O–H groups in total. The van der Waals surface area contributed by atoms with Gasteiger partial charge in [0.1, 0.15) is 0 Å². The molecule has 0 rings (SSSR count). The highest BCUT2D eigenvalue weighted by Crippen LogP contribution is 2.13. The lowest BCUT2D eigenvalue weighted by Gasteiger charge is -1.95. The fourth-order valence-electron chi connectivity index (χ4n) is 0.673. The van der Waals surface area contributed by atoms with Crippen molar-refractivity contribution in [1.82, 2.24) is 0 Å². The van der Waals surface area contributed by atoms with Gasteiger partial charge in [0.15, 0.2) is 0 Å². The summed E-state index contributed by atoms with van der Waals surface area (Å²) in [5.74, 6) is 0. The molecule has 0 spiro atoms. The molecule has 0 fully saturated rings. The van der Waals surface area contributed by atoms with Gasteiger partial charge in [-0.25, -0.2) is 0 Å². The predicted molar refractivity (Wildman–Crippen MR) is 47.8 cm³/mol. The van der Waals surface area contributed by atoms with Gasteiger partial charge in [0, 0.05) is 0 Å². The predicted octanol–water partition coefficient (Wildman–Crippen LogP) is 3.04. The molecule has 1 unspecified atom stereocenters. The minimum atomic E-state index is 1.19. The van der Waals surface area contributed by atoms with E-state index >= 15 is 0 Å². The quantitative estimate of drug-likeness (QED) is 0.305. The molecule has 0 heterocycles. The fourth-order valence-corrected chi connectivity index (χ4v) is 1.73. The van der Waals surface area contributed by atoms with Crippen LogP contribution < -0.4 is 0 Å². The van der Waals surface area contributed by atoms with Gasteiger partial charge < -0.3 is 0 Å². The molecule has 1 heteroatoms. The first-order chi connectivity index (χ1) is 4.41. The van der Waals surface area contributed by atoms with Crippen LogP contribution >= 0.6 is 8.58 Å². The van der Waals surface area contributed by atoms with Crippen LogP contribution in [0.15, 0.2) is 12.7 Å². The molecule has 0 aliphatic heterocycles. The zero-order valence-corrected chi connectivity index (χ0v) is 7.32. The van der Waals surface area contributed by atoms with Crippen LogP contribution in [0.2, 0.25) is 0 Å². The molecule has 0 radical (unpaired) electrons. The second kappa shape index (κ2) is 8.17. The van der Waals surface area contributed by atoms with Crippen molar-refractivity contribution in [2.24, 2.45) is 0 Å². The first-order valence-corrected chi connectivity index (χ1v) is 5.14. The Bertz CT molecular complexity index is 59.6. The van der Waals surface area contributed by atoms with E-state index in [9.17, 15) is 0 Å². The van der Waals surface area contributed by atoms with Crippen LogP contribution in [0.1, 0.15) is 26.2 Å². The van der Waals surface area contributed by atoms with E-state index in [1.165, 1.54) is 40.2 Å². The largest absolute Gasteiger partial charge is 0.122 e. The standard InChI is InChI=1S/C8H17P/c1-3-5-6-8-9-7-4-2/h3,9H,1,4-8H2,2H3. The van der Waals surface area contributed by atoms with Crippen LogP contribution in [0.5, 0.6) is 0 Å². The summed E-state index contributed by atoms with van der Waals surface area (Å²) in [6.07, 6.45) is 8.76. The highest BCUT2D eigenvalue weighted by molar-refractivity contribution is 7.37. The van der Waals surface area contributed by atoms with Crippen LogP contribution in [0.25, 0.3) is 0 Å². The maximum atomic E-state index is 3.68. The lowest BCUT2D eigenvalue weighted by Crippen LogP contribution is -1.77. The van der Waals surface area contributed by atoms with Crippen LogP contribution in [-0.2, 0) is 0 Å². The molecule has 1 atom stereocenters. The van der Waals surface area contributed by atoms with Crippen molar-refractivity contribution in [3.8, 4) is 0 Å². The number of hydrogen-bond donors (Lipinski definition) is 0. The fraction of sp³-hybridized carbons (Fsp3) is 0.750. The van der Waals surface area contributed by atoms with Gasteiger partial charge in [-0.3, -0.25) is 0 Å². The molecule has 0 aromatic rings. The topological polar surface area (TPSA) is 0 Å². The van der Waals surface area contributed by atoms with Gasteiger partial charge >= 0.3 is 0 Å². The number of rotatable bonds is 6. The normalized spacial score (nSPS) is 10.8. The summed E-state index contributed by atoms with van der Waals surface area (Å²) < 4.78 is 0. The molecule has 0 aliphatic rings. The van der Waals surface area contributed by atoms with Crippen LogP contribution in [0.3, 0.4) is 0 Å². The molecule has 0 aliphatic carbocycles. The van der Waals surface area contributed by atoms with Gasteiger partial charge in [-0.05, 0) is 25.2 Å². The highest BCUT2D eigenvalue weighted by atomic mass is 31.1. The number of unbranched alkanes of at least 4 members (excludes halogenated alkanes) is 1. The molecular weight excluding hydrogens is 127 g/mol. The molecule has 54 valence electrons. The van der Waals surface area contributed by atoms with Crippen molar-refractivity contribution in [2.75, 3.05) is 12.3 Å². The lowest BCUT2D eigenvalue weighted by molar-refractivity contribution is 0.966. The highest BCUT2D eigenvalue weighted by Gasteiger charge is 1.83. The Hall–Kier alpha value is 0.170. The maximum Gasteiger partial charge on any atom is -0.0350 e. The Kier molecular flexibility index (Phi) is 8.32. The second-order valence-corrected chi connectivity index (χ2v) is 3.68. The number of hydrogen-bond acceptors (Lipinski definition) is 0. The Labute approximate surface area is 60.5 Å². The van der Waals surface area contributed by atoms with Crippen LogP contribution in [0.4, 0.5) is 0 Å².